The lowest BCUT2D eigenvalue weighted by Gasteiger charge is -2.22. The second-order valence-corrected chi connectivity index (χ2v) is 7.54. The molecule has 2 aromatic carbocycles. The van der Waals surface area contributed by atoms with Crippen molar-refractivity contribution in [1.82, 2.24) is 19.5 Å². The lowest BCUT2D eigenvalue weighted by molar-refractivity contribution is -0.389. The molecule has 0 aliphatic carbocycles. The molecule has 13 heteroatoms. The maximum Gasteiger partial charge on any atom is 0.573 e. The third-order valence-electron chi connectivity index (χ3n) is 5.11. The van der Waals surface area contributed by atoms with Crippen LogP contribution in [-0.2, 0) is 17.9 Å². The van der Waals surface area contributed by atoms with Gasteiger partial charge >= 0.3 is 18.2 Å². The molecule has 4 aromatic rings. The Morgan fingerprint density at radius 1 is 1.21 bits per heavy atom. The molecule has 2 aromatic heterocycles. The number of benzene rings is 2. The summed E-state index contributed by atoms with van der Waals surface area (Å²) in [5.41, 5.74) is 2.55. The number of aromatic nitrogens is 4. The van der Waals surface area contributed by atoms with E-state index in [1.165, 1.54) is 24.4 Å². The van der Waals surface area contributed by atoms with E-state index in [4.69, 9.17) is 9.47 Å². The molecule has 1 N–H and O–H groups in total. The van der Waals surface area contributed by atoms with Crippen LogP contribution >= 0.6 is 0 Å². The zero-order chi connectivity index (χ0) is 23.9. The summed E-state index contributed by atoms with van der Waals surface area (Å²) < 4.78 is 54.1. The summed E-state index contributed by atoms with van der Waals surface area (Å²) in [5, 5.41) is 10.8. The molecule has 5 rings (SSSR count). The normalized spacial score (nSPS) is 15.7. The number of H-pyrrole nitrogens is 1. The van der Waals surface area contributed by atoms with E-state index in [-0.39, 0.29) is 30.3 Å². The fourth-order valence-corrected chi connectivity index (χ4v) is 3.56. The van der Waals surface area contributed by atoms with Crippen molar-refractivity contribution in [2.45, 2.75) is 25.6 Å². The molecule has 3 heterocycles. The van der Waals surface area contributed by atoms with Crippen LogP contribution in [0.1, 0.15) is 5.56 Å². The van der Waals surface area contributed by atoms with Gasteiger partial charge < -0.3 is 29.3 Å². The topological polar surface area (TPSA) is 117 Å². The third-order valence-corrected chi connectivity index (χ3v) is 5.11. The Labute approximate surface area is 189 Å². The van der Waals surface area contributed by atoms with Gasteiger partial charge in [0.25, 0.3) is 0 Å². The van der Waals surface area contributed by atoms with Gasteiger partial charge in [-0.25, -0.2) is 4.98 Å². The molecule has 34 heavy (non-hydrogen) atoms. The highest BCUT2D eigenvalue weighted by molar-refractivity contribution is 5.80. The highest BCUT2D eigenvalue weighted by atomic mass is 19.4. The minimum absolute atomic E-state index is 0.193. The summed E-state index contributed by atoms with van der Waals surface area (Å²) in [6.07, 6.45) is -3.76. The first kappa shape index (κ1) is 21.7. The maximum absolute atomic E-state index is 12.4. The van der Waals surface area contributed by atoms with Crippen LogP contribution < -0.4 is 9.47 Å². The molecule has 1 atom stereocenters. The lowest BCUT2D eigenvalue weighted by Crippen LogP contribution is -2.32. The van der Waals surface area contributed by atoms with Gasteiger partial charge in [-0.2, -0.15) is 0 Å². The SMILES string of the molecule is O=[N+]([O-])c1cn2c(n1)OCC(OCc1ccc(-c3nc4ccc(OC(F)(F)F)cc4[nH]3)cc1)C2. The van der Waals surface area contributed by atoms with E-state index in [1.807, 2.05) is 24.3 Å². The van der Waals surface area contributed by atoms with Crippen LogP contribution in [0.2, 0.25) is 0 Å². The summed E-state index contributed by atoms with van der Waals surface area (Å²) in [6.45, 7) is 0.900. The van der Waals surface area contributed by atoms with Crippen LogP contribution in [0.3, 0.4) is 0 Å². The average molecular weight is 475 g/mol. The predicted octanol–water partition coefficient (Wildman–Crippen LogP) is 4.21. The van der Waals surface area contributed by atoms with Crippen molar-refractivity contribution in [2.75, 3.05) is 6.61 Å². The molecule has 0 spiro atoms. The number of fused-ring (bicyclic) bond motifs is 2. The number of hydrogen-bond acceptors (Lipinski definition) is 7. The summed E-state index contributed by atoms with van der Waals surface area (Å²) in [4.78, 5) is 21.5. The first-order valence-corrected chi connectivity index (χ1v) is 10.0. The third kappa shape index (κ3) is 4.64. The van der Waals surface area contributed by atoms with Crippen molar-refractivity contribution in [1.29, 1.82) is 0 Å². The van der Waals surface area contributed by atoms with E-state index in [1.54, 1.807) is 4.57 Å². The Kier molecular flexibility index (Phi) is 5.32. The number of alkyl halides is 3. The fourth-order valence-electron chi connectivity index (χ4n) is 3.56. The van der Waals surface area contributed by atoms with Crippen molar-refractivity contribution in [3.63, 3.8) is 0 Å². The number of halogens is 3. The molecule has 0 radical (unpaired) electrons. The Morgan fingerprint density at radius 3 is 2.74 bits per heavy atom. The van der Waals surface area contributed by atoms with Gasteiger partial charge in [0.2, 0.25) is 0 Å². The van der Waals surface area contributed by atoms with Crippen LogP contribution in [0.5, 0.6) is 11.8 Å². The average Bonchev–Trinajstić information content (AvgIpc) is 3.40. The minimum Gasteiger partial charge on any atom is -0.443 e. The molecular formula is C21H16F3N5O5. The summed E-state index contributed by atoms with van der Waals surface area (Å²) in [7, 11) is 0. The van der Waals surface area contributed by atoms with Gasteiger partial charge in [0, 0.05) is 16.6 Å². The number of ether oxygens (including phenoxy) is 3. The number of nitrogens with one attached hydrogen (secondary N) is 1. The number of aromatic amines is 1. The molecule has 0 fully saturated rings. The summed E-state index contributed by atoms with van der Waals surface area (Å²) in [5.74, 6) is -0.103. The second kappa shape index (κ2) is 8.33. The van der Waals surface area contributed by atoms with Gasteiger partial charge in [0.1, 0.15) is 30.5 Å². The van der Waals surface area contributed by atoms with E-state index >= 15 is 0 Å². The zero-order valence-corrected chi connectivity index (χ0v) is 17.3. The number of rotatable bonds is 6. The van der Waals surface area contributed by atoms with Gasteiger partial charge in [0.05, 0.1) is 24.2 Å². The molecule has 0 amide bonds. The van der Waals surface area contributed by atoms with E-state index in [0.717, 1.165) is 11.1 Å². The van der Waals surface area contributed by atoms with E-state index in [9.17, 15) is 23.3 Å². The highest BCUT2D eigenvalue weighted by Crippen LogP contribution is 2.28. The zero-order valence-electron chi connectivity index (χ0n) is 17.3. The number of nitrogens with zero attached hydrogens (tertiary/aromatic N) is 4. The monoisotopic (exact) mass is 475 g/mol. The number of hydrogen-bond donors (Lipinski definition) is 1. The Morgan fingerprint density at radius 2 is 2.00 bits per heavy atom. The van der Waals surface area contributed by atoms with Gasteiger partial charge in [-0.05, 0) is 22.6 Å². The summed E-state index contributed by atoms with van der Waals surface area (Å²) >= 11 is 0. The van der Waals surface area contributed by atoms with E-state index < -0.39 is 11.3 Å². The minimum atomic E-state index is -4.77. The molecule has 1 aliphatic heterocycles. The highest BCUT2D eigenvalue weighted by Gasteiger charge is 2.31. The predicted molar refractivity (Wildman–Crippen MR) is 111 cm³/mol. The molecule has 0 bridgehead atoms. The molecule has 10 nitrogen and oxygen atoms in total. The van der Waals surface area contributed by atoms with Crippen LogP contribution in [0, 0.1) is 10.1 Å². The first-order chi connectivity index (χ1) is 16.2. The van der Waals surface area contributed by atoms with E-state index in [2.05, 4.69) is 19.7 Å². The van der Waals surface area contributed by atoms with Crippen molar-refractivity contribution in [3.8, 4) is 23.1 Å². The largest absolute Gasteiger partial charge is 0.573 e. The molecule has 0 saturated carbocycles. The van der Waals surface area contributed by atoms with Crippen LogP contribution in [-0.4, -0.2) is 43.5 Å². The molecule has 1 unspecified atom stereocenters. The van der Waals surface area contributed by atoms with Gasteiger partial charge in [-0.1, -0.05) is 24.3 Å². The number of imidazole rings is 2. The van der Waals surface area contributed by atoms with Crippen molar-refractivity contribution >= 4 is 16.9 Å². The Balaban J connectivity index is 1.22. The van der Waals surface area contributed by atoms with E-state index in [0.29, 0.717) is 30.0 Å². The van der Waals surface area contributed by atoms with Gasteiger partial charge in [0.15, 0.2) is 0 Å². The maximum atomic E-state index is 12.4. The van der Waals surface area contributed by atoms with Crippen molar-refractivity contribution in [2.24, 2.45) is 0 Å². The summed E-state index contributed by atoms with van der Waals surface area (Å²) in [6, 6.07) is 11.4. The lowest BCUT2D eigenvalue weighted by atomic mass is 10.1. The second-order valence-electron chi connectivity index (χ2n) is 7.54. The van der Waals surface area contributed by atoms with Crippen molar-refractivity contribution < 1.29 is 32.3 Å². The molecule has 1 aliphatic rings. The molecule has 176 valence electrons. The Hall–Kier alpha value is -4.13. The smallest absolute Gasteiger partial charge is 0.443 e. The standard InChI is InChI=1S/C21H16F3N5O5/c22-21(23,24)34-14-5-6-16-17(7-14)26-19(25-16)13-3-1-12(2-4-13)10-32-15-8-28-9-18(29(30)31)27-20(28)33-11-15/h1-7,9,15H,8,10-11H2,(H,25,26). The van der Waals surface area contributed by atoms with Crippen LogP contribution in [0.25, 0.3) is 22.4 Å². The molecule has 0 saturated heterocycles. The number of nitro groups is 1. The fraction of sp³-hybridized carbons (Fsp3) is 0.238. The Bertz CT molecular complexity index is 1350. The van der Waals surface area contributed by atoms with Gasteiger partial charge in [-0.15, -0.1) is 13.2 Å². The first-order valence-electron chi connectivity index (χ1n) is 10.0. The van der Waals surface area contributed by atoms with Crippen LogP contribution in [0.15, 0.2) is 48.7 Å². The van der Waals surface area contributed by atoms with Crippen molar-refractivity contribution in [3.05, 3.63) is 64.3 Å². The quantitative estimate of drug-likeness (QED) is 0.328. The molecular weight excluding hydrogens is 459 g/mol. The van der Waals surface area contributed by atoms with Crippen LogP contribution in [0.4, 0.5) is 19.0 Å². The van der Waals surface area contributed by atoms with Gasteiger partial charge in [-0.3, -0.25) is 4.57 Å².